The van der Waals surface area contributed by atoms with Crippen LogP contribution >= 0.6 is 11.8 Å². The van der Waals surface area contributed by atoms with E-state index in [1.807, 2.05) is 13.8 Å². The highest BCUT2D eigenvalue weighted by Crippen LogP contribution is 2.21. The first-order chi connectivity index (χ1) is 8.44. The van der Waals surface area contributed by atoms with Gasteiger partial charge in [-0.05, 0) is 32.4 Å². The Morgan fingerprint density at radius 3 is 2.72 bits per heavy atom. The standard InChI is InChI=1S/C13H18FNO2S/c1-13(2,7-8-16)15-12(17)9-18-11-6-4-3-5-10(11)14/h3-6,16H,7-9H2,1-2H3,(H,15,17). The first-order valence-electron chi connectivity index (χ1n) is 5.74. The highest BCUT2D eigenvalue weighted by molar-refractivity contribution is 8.00. The van der Waals surface area contributed by atoms with Crippen LogP contribution < -0.4 is 5.32 Å². The van der Waals surface area contributed by atoms with Crippen molar-refractivity contribution in [2.75, 3.05) is 12.4 Å². The van der Waals surface area contributed by atoms with Gasteiger partial charge in [-0.1, -0.05) is 12.1 Å². The lowest BCUT2D eigenvalue weighted by molar-refractivity contribution is -0.120. The number of carbonyl (C=O) groups is 1. The fourth-order valence-corrected chi connectivity index (χ4v) is 2.20. The molecule has 1 amide bonds. The predicted molar refractivity (Wildman–Crippen MR) is 71.0 cm³/mol. The van der Waals surface area contributed by atoms with Gasteiger partial charge in [0, 0.05) is 17.0 Å². The quantitative estimate of drug-likeness (QED) is 0.780. The zero-order chi connectivity index (χ0) is 13.6. The number of aliphatic hydroxyl groups excluding tert-OH is 1. The summed E-state index contributed by atoms with van der Waals surface area (Å²) < 4.78 is 13.3. The van der Waals surface area contributed by atoms with Gasteiger partial charge in [0.1, 0.15) is 5.82 Å². The Labute approximate surface area is 111 Å². The van der Waals surface area contributed by atoms with Crippen molar-refractivity contribution in [3.63, 3.8) is 0 Å². The number of rotatable bonds is 6. The van der Waals surface area contributed by atoms with E-state index in [0.29, 0.717) is 11.3 Å². The van der Waals surface area contributed by atoms with Crippen molar-refractivity contribution in [2.24, 2.45) is 0 Å². The Balaban J connectivity index is 2.45. The summed E-state index contributed by atoms with van der Waals surface area (Å²) in [5.41, 5.74) is -0.443. The smallest absolute Gasteiger partial charge is 0.230 e. The molecule has 0 heterocycles. The first kappa shape index (κ1) is 15.0. The van der Waals surface area contributed by atoms with Crippen LogP contribution in [0.5, 0.6) is 0 Å². The summed E-state index contributed by atoms with van der Waals surface area (Å²) in [6, 6.07) is 6.37. The number of halogens is 1. The van der Waals surface area contributed by atoms with Crippen LogP contribution in [0, 0.1) is 5.82 Å². The van der Waals surface area contributed by atoms with Gasteiger partial charge < -0.3 is 10.4 Å². The van der Waals surface area contributed by atoms with E-state index in [4.69, 9.17) is 5.11 Å². The van der Waals surface area contributed by atoms with Crippen LogP contribution in [0.3, 0.4) is 0 Å². The van der Waals surface area contributed by atoms with E-state index in [1.165, 1.54) is 6.07 Å². The number of hydrogen-bond acceptors (Lipinski definition) is 3. The summed E-state index contributed by atoms with van der Waals surface area (Å²) >= 11 is 1.16. The predicted octanol–water partition coefficient (Wildman–Crippen LogP) is 2.20. The maximum atomic E-state index is 13.3. The Morgan fingerprint density at radius 1 is 1.44 bits per heavy atom. The zero-order valence-corrected chi connectivity index (χ0v) is 11.4. The average molecular weight is 271 g/mol. The number of aliphatic hydroxyl groups is 1. The maximum Gasteiger partial charge on any atom is 0.230 e. The van der Waals surface area contributed by atoms with Gasteiger partial charge in [-0.15, -0.1) is 11.8 Å². The van der Waals surface area contributed by atoms with E-state index in [9.17, 15) is 9.18 Å². The average Bonchev–Trinajstić information content (AvgIpc) is 2.27. The van der Waals surface area contributed by atoms with Gasteiger partial charge >= 0.3 is 0 Å². The van der Waals surface area contributed by atoms with E-state index in [-0.39, 0.29) is 24.1 Å². The van der Waals surface area contributed by atoms with Gasteiger partial charge in [0.2, 0.25) is 5.91 Å². The van der Waals surface area contributed by atoms with Crippen LogP contribution in [0.1, 0.15) is 20.3 Å². The van der Waals surface area contributed by atoms with Crippen molar-refractivity contribution < 1.29 is 14.3 Å². The number of nitrogens with one attached hydrogen (secondary N) is 1. The largest absolute Gasteiger partial charge is 0.396 e. The number of hydrogen-bond donors (Lipinski definition) is 2. The van der Waals surface area contributed by atoms with Gasteiger partial charge in [-0.25, -0.2) is 4.39 Å². The molecule has 0 saturated heterocycles. The van der Waals surface area contributed by atoms with Crippen LogP contribution in [-0.2, 0) is 4.79 Å². The highest BCUT2D eigenvalue weighted by Gasteiger charge is 2.19. The molecule has 0 aliphatic rings. The molecule has 1 rings (SSSR count). The van der Waals surface area contributed by atoms with Crippen LogP contribution in [0.15, 0.2) is 29.2 Å². The summed E-state index contributed by atoms with van der Waals surface area (Å²) in [7, 11) is 0. The van der Waals surface area contributed by atoms with Gasteiger partial charge in [0.05, 0.1) is 5.75 Å². The number of thioether (sulfide) groups is 1. The summed E-state index contributed by atoms with van der Waals surface area (Å²) in [4.78, 5) is 12.1. The summed E-state index contributed by atoms with van der Waals surface area (Å²) in [5, 5.41) is 11.7. The molecule has 0 bridgehead atoms. The van der Waals surface area contributed by atoms with E-state index < -0.39 is 5.54 Å². The molecule has 3 nitrogen and oxygen atoms in total. The lowest BCUT2D eigenvalue weighted by Crippen LogP contribution is -2.44. The Hall–Kier alpha value is -1.07. The topological polar surface area (TPSA) is 49.3 Å². The molecule has 100 valence electrons. The Bertz CT molecular complexity index is 410. The van der Waals surface area contributed by atoms with Crippen molar-refractivity contribution in [1.82, 2.24) is 5.32 Å². The van der Waals surface area contributed by atoms with Gasteiger partial charge in [-0.3, -0.25) is 4.79 Å². The minimum absolute atomic E-state index is 0.0216. The molecule has 0 saturated carbocycles. The molecule has 0 aliphatic heterocycles. The third-order valence-electron chi connectivity index (χ3n) is 2.41. The minimum Gasteiger partial charge on any atom is -0.396 e. The zero-order valence-electron chi connectivity index (χ0n) is 10.6. The number of carbonyl (C=O) groups excluding carboxylic acids is 1. The second-order valence-electron chi connectivity index (χ2n) is 4.62. The molecule has 0 aromatic heterocycles. The fourth-order valence-electron chi connectivity index (χ4n) is 1.46. The normalized spacial score (nSPS) is 11.3. The summed E-state index contributed by atoms with van der Waals surface area (Å²) in [5.74, 6) is -0.317. The molecule has 0 radical (unpaired) electrons. The molecule has 0 unspecified atom stereocenters. The monoisotopic (exact) mass is 271 g/mol. The van der Waals surface area contributed by atoms with Crippen molar-refractivity contribution in [3.8, 4) is 0 Å². The van der Waals surface area contributed by atoms with E-state index in [0.717, 1.165) is 11.8 Å². The summed E-state index contributed by atoms with van der Waals surface area (Å²) in [6.45, 7) is 3.71. The first-order valence-corrected chi connectivity index (χ1v) is 6.72. The molecular formula is C13H18FNO2S. The van der Waals surface area contributed by atoms with Crippen LogP contribution in [0.25, 0.3) is 0 Å². The molecule has 1 aromatic rings. The fraction of sp³-hybridized carbons (Fsp3) is 0.462. The van der Waals surface area contributed by atoms with E-state index >= 15 is 0 Å². The van der Waals surface area contributed by atoms with Crippen LogP contribution in [-0.4, -0.2) is 28.9 Å². The second-order valence-corrected chi connectivity index (χ2v) is 5.64. The van der Waals surface area contributed by atoms with Crippen molar-refractivity contribution in [2.45, 2.75) is 30.7 Å². The molecule has 2 N–H and O–H groups in total. The molecule has 0 atom stereocenters. The van der Waals surface area contributed by atoms with Gasteiger partial charge in [0.15, 0.2) is 0 Å². The Morgan fingerprint density at radius 2 is 2.11 bits per heavy atom. The molecule has 0 aliphatic carbocycles. The van der Waals surface area contributed by atoms with Crippen LogP contribution in [0.4, 0.5) is 4.39 Å². The highest BCUT2D eigenvalue weighted by atomic mass is 32.2. The third-order valence-corrected chi connectivity index (χ3v) is 3.46. The molecule has 0 spiro atoms. The summed E-state index contributed by atoms with van der Waals surface area (Å²) in [6.07, 6.45) is 0.489. The van der Waals surface area contributed by atoms with Crippen molar-refractivity contribution in [3.05, 3.63) is 30.1 Å². The van der Waals surface area contributed by atoms with Crippen molar-refractivity contribution in [1.29, 1.82) is 0 Å². The Kier molecular flexibility index (Phi) is 5.62. The molecule has 5 heteroatoms. The second kappa shape index (κ2) is 6.75. The third kappa shape index (κ3) is 5.06. The molecular weight excluding hydrogens is 253 g/mol. The number of benzene rings is 1. The van der Waals surface area contributed by atoms with E-state index in [1.54, 1.807) is 18.2 Å². The lowest BCUT2D eigenvalue weighted by atomic mass is 10.0. The van der Waals surface area contributed by atoms with E-state index in [2.05, 4.69) is 5.32 Å². The molecule has 0 fully saturated rings. The van der Waals surface area contributed by atoms with Crippen LogP contribution in [0.2, 0.25) is 0 Å². The lowest BCUT2D eigenvalue weighted by Gasteiger charge is -2.25. The number of amides is 1. The maximum absolute atomic E-state index is 13.3. The molecule has 1 aromatic carbocycles. The van der Waals surface area contributed by atoms with Crippen molar-refractivity contribution >= 4 is 17.7 Å². The van der Waals surface area contributed by atoms with Gasteiger partial charge in [0.25, 0.3) is 0 Å². The minimum atomic E-state index is -0.443. The molecule has 18 heavy (non-hydrogen) atoms. The SMILES string of the molecule is CC(C)(CCO)NC(=O)CSc1ccccc1F. The van der Waals surface area contributed by atoms with Gasteiger partial charge in [-0.2, -0.15) is 0 Å².